The molecule has 0 spiro atoms. The summed E-state index contributed by atoms with van der Waals surface area (Å²) < 4.78 is 23.9. The molecule has 0 atom stereocenters. The fourth-order valence-corrected chi connectivity index (χ4v) is 5.18. The first-order valence-electron chi connectivity index (χ1n) is 9.89. The van der Waals surface area contributed by atoms with Gasteiger partial charge in [-0.05, 0) is 90.3 Å². The average molecular weight is 407 g/mol. The van der Waals surface area contributed by atoms with E-state index in [1.165, 1.54) is 44.0 Å². The highest BCUT2D eigenvalue weighted by atomic mass is 32.2. The molecule has 0 unspecified atom stereocenters. The van der Waals surface area contributed by atoms with Crippen LogP contribution in [0.2, 0.25) is 0 Å². The van der Waals surface area contributed by atoms with Gasteiger partial charge in [0.15, 0.2) is 9.84 Å². The smallest absolute Gasteiger partial charge is 0.175 e. The first-order chi connectivity index (χ1) is 14.5. The molecule has 0 aliphatic heterocycles. The van der Waals surface area contributed by atoms with Crippen LogP contribution in [0.3, 0.4) is 0 Å². The van der Waals surface area contributed by atoms with Crippen LogP contribution in [0, 0.1) is 0 Å². The van der Waals surface area contributed by atoms with Crippen molar-refractivity contribution in [2.45, 2.75) is 4.90 Å². The van der Waals surface area contributed by atoms with Gasteiger partial charge in [-0.3, -0.25) is 0 Å². The second-order valence-electron chi connectivity index (χ2n) is 8.00. The Morgan fingerprint density at radius 3 is 1.57 bits per heavy atom. The Hall–Kier alpha value is -3.43. The molecule has 0 heterocycles. The van der Waals surface area contributed by atoms with Gasteiger partial charge in [-0.25, -0.2) is 8.42 Å². The Kier molecular flexibility index (Phi) is 3.51. The highest BCUT2D eigenvalue weighted by Crippen LogP contribution is 2.35. The number of fused-ring (bicyclic) bond motifs is 7. The third-order valence-electron chi connectivity index (χ3n) is 6.06. The predicted molar refractivity (Wildman–Crippen MR) is 127 cm³/mol. The molecule has 0 bridgehead atoms. The zero-order chi connectivity index (χ0) is 20.5. The molecule has 6 rings (SSSR count). The van der Waals surface area contributed by atoms with Crippen molar-refractivity contribution in [1.82, 2.24) is 0 Å². The third kappa shape index (κ3) is 2.59. The molecule has 0 aromatic heterocycles. The SMILES string of the molecule is CS(=O)(=O)c1ccc2cc3c(ccc4c5cc6ccccc6cc5ccc34)cc2c1. The maximum Gasteiger partial charge on any atom is 0.175 e. The predicted octanol–water partition coefficient (Wildman–Crippen LogP) is 6.86. The van der Waals surface area contributed by atoms with E-state index in [2.05, 4.69) is 72.8 Å². The minimum absolute atomic E-state index is 0.355. The van der Waals surface area contributed by atoms with E-state index in [4.69, 9.17) is 0 Å². The maximum atomic E-state index is 11.9. The number of hydrogen-bond donors (Lipinski definition) is 0. The number of benzene rings is 6. The molecule has 144 valence electrons. The van der Waals surface area contributed by atoms with Crippen molar-refractivity contribution < 1.29 is 8.42 Å². The quantitative estimate of drug-likeness (QED) is 0.221. The van der Waals surface area contributed by atoms with Crippen molar-refractivity contribution in [2.24, 2.45) is 0 Å². The summed E-state index contributed by atoms with van der Waals surface area (Å²) in [4.78, 5) is 0.355. The standard InChI is InChI=1S/C27H18O2S/c1-30(28,29)23-9-6-19-16-27-21(13-22(19)14-23)8-11-24-25(27)10-7-20-12-17-4-2-3-5-18(17)15-26(20)24/h2-16H,1H3. The van der Waals surface area contributed by atoms with Crippen molar-refractivity contribution >= 4 is 63.7 Å². The molecule has 6 aromatic rings. The lowest BCUT2D eigenvalue weighted by molar-refractivity contribution is 0.602. The van der Waals surface area contributed by atoms with Crippen molar-refractivity contribution in [2.75, 3.05) is 6.26 Å². The molecular weight excluding hydrogens is 388 g/mol. The Bertz CT molecular complexity index is 1760. The van der Waals surface area contributed by atoms with E-state index in [1.807, 2.05) is 6.07 Å². The summed E-state index contributed by atoms with van der Waals surface area (Å²) in [5, 5.41) is 11.7. The van der Waals surface area contributed by atoms with Crippen LogP contribution >= 0.6 is 0 Å². The lowest BCUT2D eigenvalue weighted by Gasteiger charge is -2.11. The second kappa shape index (κ2) is 6.04. The summed E-state index contributed by atoms with van der Waals surface area (Å²) in [6.45, 7) is 0. The Morgan fingerprint density at radius 1 is 0.467 bits per heavy atom. The zero-order valence-electron chi connectivity index (χ0n) is 16.4. The summed E-state index contributed by atoms with van der Waals surface area (Å²) in [6, 6.07) is 31.3. The second-order valence-corrected chi connectivity index (χ2v) is 10.0. The molecule has 0 amide bonds. The lowest BCUT2D eigenvalue weighted by atomic mass is 9.94. The van der Waals surface area contributed by atoms with Crippen molar-refractivity contribution in [1.29, 1.82) is 0 Å². The molecule has 0 aliphatic carbocycles. The van der Waals surface area contributed by atoms with Crippen LogP contribution in [0.25, 0.3) is 53.9 Å². The van der Waals surface area contributed by atoms with Gasteiger partial charge in [0.2, 0.25) is 0 Å². The molecule has 2 nitrogen and oxygen atoms in total. The Morgan fingerprint density at radius 2 is 0.967 bits per heavy atom. The van der Waals surface area contributed by atoms with Gasteiger partial charge in [-0.15, -0.1) is 0 Å². The molecule has 0 saturated heterocycles. The van der Waals surface area contributed by atoms with Gasteiger partial charge in [-0.2, -0.15) is 0 Å². The number of rotatable bonds is 1. The molecule has 6 aromatic carbocycles. The molecule has 0 radical (unpaired) electrons. The first kappa shape index (κ1) is 17.4. The highest BCUT2D eigenvalue weighted by Gasteiger charge is 2.10. The summed E-state index contributed by atoms with van der Waals surface area (Å²) in [5.41, 5.74) is 0. The Balaban J connectivity index is 1.69. The van der Waals surface area contributed by atoms with Crippen molar-refractivity contribution in [3.05, 3.63) is 91.0 Å². The van der Waals surface area contributed by atoms with E-state index >= 15 is 0 Å². The maximum absolute atomic E-state index is 11.9. The molecule has 0 aliphatic rings. The summed E-state index contributed by atoms with van der Waals surface area (Å²) >= 11 is 0. The first-order valence-corrected chi connectivity index (χ1v) is 11.8. The van der Waals surface area contributed by atoms with Gasteiger partial charge in [0.1, 0.15) is 0 Å². The fourth-order valence-electron chi connectivity index (χ4n) is 4.52. The van der Waals surface area contributed by atoms with Gasteiger partial charge in [0.25, 0.3) is 0 Å². The monoisotopic (exact) mass is 406 g/mol. The van der Waals surface area contributed by atoms with Crippen molar-refractivity contribution in [3.63, 3.8) is 0 Å². The van der Waals surface area contributed by atoms with E-state index < -0.39 is 9.84 Å². The van der Waals surface area contributed by atoms with E-state index in [-0.39, 0.29) is 0 Å². The van der Waals surface area contributed by atoms with Gasteiger partial charge in [0.05, 0.1) is 4.90 Å². The minimum Gasteiger partial charge on any atom is -0.224 e. The fraction of sp³-hybridized carbons (Fsp3) is 0.0370. The lowest BCUT2D eigenvalue weighted by Crippen LogP contribution is -1.96. The van der Waals surface area contributed by atoms with Crippen LogP contribution in [0.15, 0.2) is 95.9 Å². The molecular formula is C27H18O2S. The van der Waals surface area contributed by atoms with E-state index in [0.29, 0.717) is 4.90 Å². The van der Waals surface area contributed by atoms with Gasteiger partial charge < -0.3 is 0 Å². The Labute approximate surface area is 174 Å². The number of hydrogen-bond acceptors (Lipinski definition) is 2. The van der Waals surface area contributed by atoms with Crippen LogP contribution < -0.4 is 0 Å². The largest absolute Gasteiger partial charge is 0.224 e. The van der Waals surface area contributed by atoms with Crippen LogP contribution in [-0.4, -0.2) is 14.7 Å². The van der Waals surface area contributed by atoms with Crippen LogP contribution in [0.5, 0.6) is 0 Å². The molecule has 30 heavy (non-hydrogen) atoms. The van der Waals surface area contributed by atoms with Gasteiger partial charge >= 0.3 is 0 Å². The van der Waals surface area contributed by atoms with Crippen LogP contribution in [-0.2, 0) is 9.84 Å². The molecule has 0 saturated carbocycles. The highest BCUT2D eigenvalue weighted by molar-refractivity contribution is 7.90. The van der Waals surface area contributed by atoms with E-state index in [0.717, 1.165) is 16.2 Å². The summed E-state index contributed by atoms with van der Waals surface area (Å²) in [7, 11) is -3.22. The summed E-state index contributed by atoms with van der Waals surface area (Å²) in [6.07, 6.45) is 1.25. The van der Waals surface area contributed by atoms with Gasteiger partial charge in [0, 0.05) is 6.26 Å². The van der Waals surface area contributed by atoms with E-state index in [1.54, 1.807) is 12.1 Å². The average Bonchev–Trinajstić information content (AvgIpc) is 2.75. The minimum atomic E-state index is -3.22. The van der Waals surface area contributed by atoms with Crippen LogP contribution in [0.4, 0.5) is 0 Å². The summed E-state index contributed by atoms with van der Waals surface area (Å²) in [5.74, 6) is 0. The molecule has 3 heteroatoms. The third-order valence-corrected chi connectivity index (χ3v) is 7.17. The topological polar surface area (TPSA) is 34.1 Å². The van der Waals surface area contributed by atoms with E-state index in [9.17, 15) is 8.42 Å². The zero-order valence-corrected chi connectivity index (χ0v) is 17.2. The molecule has 0 fully saturated rings. The molecule has 0 N–H and O–H groups in total. The van der Waals surface area contributed by atoms with Gasteiger partial charge in [-0.1, -0.05) is 54.6 Å². The number of sulfone groups is 1. The van der Waals surface area contributed by atoms with Crippen LogP contribution in [0.1, 0.15) is 0 Å². The normalized spacial score (nSPS) is 12.4. The van der Waals surface area contributed by atoms with Crippen molar-refractivity contribution in [3.8, 4) is 0 Å².